The van der Waals surface area contributed by atoms with E-state index < -0.39 is 11.7 Å². The first-order chi connectivity index (χ1) is 43.7. The van der Waals surface area contributed by atoms with Crippen LogP contribution in [0.15, 0.2) is 146 Å². The molecule has 12 aromatic rings. The minimum Gasteiger partial charge on any atom is -0.506 e. The first kappa shape index (κ1) is 65.4. The first-order valence-electron chi connectivity index (χ1n) is 27.7. The van der Waals surface area contributed by atoms with Gasteiger partial charge in [-0.3, -0.25) is 0 Å². The van der Waals surface area contributed by atoms with Crippen LogP contribution in [0.2, 0.25) is 5.02 Å². The van der Waals surface area contributed by atoms with E-state index in [1.54, 1.807) is 59.1 Å². The van der Waals surface area contributed by atoms with Crippen molar-refractivity contribution in [2.45, 2.75) is 40.8 Å². The summed E-state index contributed by atoms with van der Waals surface area (Å²) in [5, 5.41) is 56.4. The molecule has 0 amide bonds. The van der Waals surface area contributed by atoms with Gasteiger partial charge in [-0.15, -0.1) is 45.3 Å². The molecule has 0 aliphatic heterocycles. The molecule has 0 saturated heterocycles. The number of alkyl halides is 3. The number of fused-ring (bicyclic) bond motifs is 4. The third-order valence-corrected chi connectivity index (χ3v) is 16.7. The molecule has 4 heterocycles. The van der Waals surface area contributed by atoms with Gasteiger partial charge < -0.3 is 41.7 Å². The minimum absolute atomic E-state index is 0.0133. The van der Waals surface area contributed by atoms with Crippen LogP contribution >= 0.6 is 56.9 Å². The van der Waals surface area contributed by atoms with Gasteiger partial charge in [0.1, 0.15) is 50.9 Å². The van der Waals surface area contributed by atoms with Crippen molar-refractivity contribution >= 4 is 121 Å². The Balaban J connectivity index is 0.000000144. The molecule has 0 aliphatic carbocycles. The van der Waals surface area contributed by atoms with Crippen molar-refractivity contribution in [2.24, 2.45) is 0 Å². The zero-order valence-electron chi connectivity index (χ0n) is 49.3. The van der Waals surface area contributed by atoms with Crippen LogP contribution in [-0.4, -0.2) is 66.5 Å². The average molecular weight is 1310 g/mol. The fraction of sp³-hybridized carbons (Fsp3) is 0.143. The van der Waals surface area contributed by atoms with Crippen molar-refractivity contribution in [3.63, 3.8) is 0 Å². The largest absolute Gasteiger partial charge is 0.506 e. The van der Waals surface area contributed by atoms with E-state index in [0.717, 1.165) is 78.6 Å². The Morgan fingerprint density at radius 3 is 1.07 bits per heavy atom. The molecule has 91 heavy (non-hydrogen) atoms. The second-order valence-corrected chi connectivity index (χ2v) is 25.2. The smallest absolute Gasteiger partial charge is 0.418 e. The maximum Gasteiger partial charge on any atom is 0.418 e. The highest BCUT2D eigenvalue weighted by Crippen LogP contribution is 2.36. The van der Waals surface area contributed by atoms with Gasteiger partial charge in [-0.25, -0.2) is 24.3 Å². The van der Waals surface area contributed by atoms with Crippen LogP contribution in [-0.2, 0) is 6.18 Å². The maximum absolute atomic E-state index is 12.9. The summed E-state index contributed by atoms with van der Waals surface area (Å²) in [6, 6.07) is 41.1. The highest BCUT2D eigenvalue weighted by atomic mass is 35.5. The number of nitrogens with one attached hydrogen (secondary N) is 4. The van der Waals surface area contributed by atoms with Gasteiger partial charge in [0.05, 0.1) is 70.6 Å². The van der Waals surface area contributed by atoms with Gasteiger partial charge in [0.15, 0.2) is 0 Å². The normalized spacial score (nSPS) is 10.5. The predicted octanol–water partition coefficient (Wildman–Crippen LogP) is 17.2. The fourth-order valence-electron chi connectivity index (χ4n) is 8.63. The lowest BCUT2D eigenvalue weighted by Gasteiger charge is -2.12. The molecule has 0 saturated carbocycles. The van der Waals surface area contributed by atoms with Crippen molar-refractivity contribution in [1.29, 1.82) is 0 Å². The summed E-state index contributed by atoms with van der Waals surface area (Å²) in [7, 11) is 0. The number of hydrogen-bond donors (Lipinski definition) is 8. The Kier molecular flexibility index (Phi) is 21.9. The molecular weight excluding hydrogens is 1260 g/mol. The standard InChI is InChI=1S/C18H13F3N2OS.C18H16N2OS.C17H13ClN2OS.C17H13FN2OS/c1-11-23-17-15(24)9-12(10-16(17)25-11)5-4-8-22-14-7-3-2-6-13(14)18(19,20)21;1-12-5-7-15(8-6-12)19-9-3-4-14-10-16(21)18-17(11-14)22-13(2)20-18;2*1-11-20-17-15(21)9-12(10-16(17)22-11)3-2-8-19-14-6-4-13(18)5-7-14/h2-3,6-7,9-10,22,24H,8H2,1H3;5-8,10-11,19,21H,9H2,1-2H3;2*4-7,9-10,19,21H,8H2,1H3. The molecule has 8 N–H and O–H groups in total. The number of anilines is 4. The Morgan fingerprint density at radius 1 is 0.418 bits per heavy atom. The molecule has 0 atom stereocenters. The topological polar surface area (TPSA) is 181 Å². The number of phenolic OH excluding ortho intramolecular Hbond substituents is 4. The molecule has 0 aliphatic rings. The van der Waals surface area contributed by atoms with Crippen LogP contribution in [0.3, 0.4) is 0 Å². The summed E-state index contributed by atoms with van der Waals surface area (Å²) in [5.41, 5.74) is 8.70. The molecule has 0 fully saturated rings. The van der Waals surface area contributed by atoms with Gasteiger partial charge in [-0.05, 0) is 156 Å². The van der Waals surface area contributed by atoms with Crippen molar-refractivity contribution in [3.05, 3.63) is 210 Å². The van der Waals surface area contributed by atoms with Crippen LogP contribution in [0.4, 0.5) is 40.3 Å². The van der Waals surface area contributed by atoms with E-state index >= 15 is 0 Å². The predicted molar refractivity (Wildman–Crippen MR) is 366 cm³/mol. The van der Waals surface area contributed by atoms with E-state index in [-0.39, 0.29) is 41.0 Å². The van der Waals surface area contributed by atoms with Crippen LogP contribution in [0.1, 0.15) is 53.4 Å². The zero-order chi connectivity index (χ0) is 64.6. The summed E-state index contributed by atoms with van der Waals surface area (Å²) in [6.45, 7) is 11.2. The Hall–Kier alpha value is -10.0. The van der Waals surface area contributed by atoms with E-state index in [1.807, 2.05) is 82.3 Å². The molecule has 0 bridgehead atoms. The summed E-state index contributed by atoms with van der Waals surface area (Å²) >= 11 is 11.9. The number of phenols is 4. The Morgan fingerprint density at radius 2 is 0.725 bits per heavy atom. The van der Waals surface area contributed by atoms with Crippen LogP contribution in [0.25, 0.3) is 40.9 Å². The summed E-state index contributed by atoms with van der Waals surface area (Å²) in [4.78, 5) is 17.1. The molecule has 12 rings (SSSR count). The van der Waals surface area contributed by atoms with Gasteiger partial charge in [-0.2, -0.15) is 13.2 Å². The van der Waals surface area contributed by atoms with Crippen molar-refractivity contribution < 1.29 is 38.0 Å². The number of aromatic nitrogens is 4. The highest BCUT2D eigenvalue weighted by Gasteiger charge is 2.33. The lowest BCUT2D eigenvalue weighted by Crippen LogP contribution is -2.10. The molecular formula is C70H55ClF4N8O4S4. The summed E-state index contributed by atoms with van der Waals surface area (Å²) in [5.74, 6) is 24.1. The molecule has 12 nitrogen and oxygen atoms in total. The molecule has 8 aromatic carbocycles. The number of halogens is 5. The number of para-hydroxylation sites is 1. The monoisotopic (exact) mass is 1310 g/mol. The van der Waals surface area contributed by atoms with Crippen LogP contribution < -0.4 is 21.3 Å². The number of nitrogens with zero attached hydrogens (tertiary/aromatic N) is 4. The molecule has 21 heteroatoms. The van der Waals surface area contributed by atoms with Gasteiger partial charge in [0.2, 0.25) is 0 Å². The molecule has 4 aromatic heterocycles. The SMILES string of the molecule is Cc1ccc(NCC#Cc2cc(O)c3nc(C)sc3c2)cc1.Cc1nc2c(O)cc(C#CCNc3ccc(Cl)cc3)cc2s1.Cc1nc2c(O)cc(C#CCNc3ccc(F)cc3)cc2s1.Cc1nc2c(O)cc(C#CCNc3ccccc3C(F)(F)F)cc2s1. The number of benzene rings is 8. The lowest BCUT2D eigenvalue weighted by atomic mass is 10.1. The summed E-state index contributed by atoms with van der Waals surface area (Å²) < 4.78 is 55.2. The Bertz CT molecular complexity index is 4470. The molecule has 458 valence electrons. The first-order valence-corrected chi connectivity index (χ1v) is 31.4. The number of aromatic hydroxyl groups is 4. The molecule has 0 spiro atoms. The van der Waals surface area contributed by atoms with E-state index in [9.17, 15) is 38.0 Å². The van der Waals surface area contributed by atoms with E-state index in [0.29, 0.717) is 52.3 Å². The number of aryl methyl sites for hydroxylation is 5. The minimum atomic E-state index is -4.42. The average Bonchev–Trinajstić information content (AvgIpc) is 2.06. The van der Waals surface area contributed by atoms with Gasteiger partial charge in [0.25, 0.3) is 0 Å². The van der Waals surface area contributed by atoms with Crippen LogP contribution in [0, 0.1) is 87.8 Å². The van der Waals surface area contributed by atoms with E-state index in [2.05, 4.69) is 108 Å². The molecule has 0 radical (unpaired) electrons. The zero-order valence-corrected chi connectivity index (χ0v) is 53.3. The lowest BCUT2D eigenvalue weighted by molar-refractivity contribution is -0.137. The number of hydrogen-bond acceptors (Lipinski definition) is 16. The van der Waals surface area contributed by atoms with Crippen molar-refractivity contribution in [1.82, 2.24) is 19.9 Å². The van der Waals surface area contributed by atoms with E-state index in [1.165, 1.54) is 64.6 Å². The highest BCUT2D eigenvalue weighted by molar-refractivity contribution is 7.19. The van der Waals surface area contributed by atoms with Crippen LogP contribution in [0.5, 0.6) is 23.0 Å². The fourth-order valence-corrected chi connectivity index (χ4v) is 12.3. The third-order valence-electron chi connectivity index (χ3n) is 12.7. The number of rotatable bonds is 8. The van der Waals surface area contributed by atoms with E-state index in [4.69, 9.17) is 11.6 Å². The third kappa shape index (κ3) is 18.8. The second-order valence-electron chi connectivity index (χ2n) is 19.8. The van der Waals surface area contributed by atoms with Crippen molar-refractivity contribution in [3.8, 4) is 70.4 Å². The molecule has 0 unspecified atom stereocenters. The van der Waals surface area contributed by atoms with Gasteiger partial charge >= 0.3 is 6.18 Å². The Labute approximate surface area is 543 Å². The van der Waals surface area contributed by atoms with Crippen molar-refractivity contribution in [2.75, 3.05) is 47.4 Å². The van der Waals surface area contributed by atoms with Gasteiger partial charge in [-0.1, -0.05) is 88.8 Å². The summed E-state index contributed by atoms with van der Waals surface area (Å²) in [6.07, 6.45) is -4.42. The second kappa shape index (κ2) is 30.5. The maximum atomic E-state index is 12.9. The van der Waals surface area contributed by atoms with Gasteiger partial charge in [0, 0.05) is 50.0 Å². The quantitative estimate of drug-likeness (QED) is 0.0534. The number of thiazole rings is 4.